The molecule has 3 rings (SSSR count). The van der Waals surface area contributed by atoms with E-state index in [9.17, 15) is 14.4 Å². The average molecular weight is 377 g/mol. The molecule has 0 radical (unpaired) electrons. The Bertz CT molecular complexity index is 1010. The van der Waals surface area contributed by atoms with E-state index in [1.807, 2.05) is 24.3 Å². The van der Waals surface area contributed by atoms with Gasteiger partial charge in [0.1, 0.15) is 6.04 Å². The van der Waals surface area contributed by atoms with Gasteiger partial charge in [-0.1, -0.05) is 30.3 Å². The molecule has 0 aliphatic carbocycles. The number of para-hydroxylation sites is 2. The number of hydrogen-bond donors (Lipinski definition) is 3. The molecule has 1 heterocycles. The molecular formula is C20H19N5O3. The molecule has 0 fully saturated rings. The van der Waals surface area contributed by atoms with Crippen molar-refractivity contribution in [2.75, 3.05) is 6.54 Å². The van der Waals surface area contributed by atoms with Gasteiger partial charge in [0.15, 0.2) is 0 Å². The third kappa shape index (κ3) is 4.88. The lowest BCUT2D eigenvalue weighted by atomic mass is 10.1. The molecule has 0 saturated carbocycles. The van der Waals surface area contributed by atoms with E-state index in [4.69, 9.17) is 5.73 Å². The van der Waals surface area contributed by atoms with Gasteiger partial charge in [0.2, 0.25) is 11.8 Å². The molecule has 0 spiro atoms. The summed E-state index contributed by atoms with van der Waals surface area (Å²) in [6, 6.07) is 14.9. The van der Waals surface area contributed by atoms with Gasteiger partial charge in [-0.3, -0.25) is 19.4 Å². The molecule has 4 N–H and O–H groups in total. The Morgan fingerprint density at radius 3 is 2.36 bits per heavy atom. The Labute approximate surface area is 161 Å². The molecule has 1 aromatic heterocycles. The number of aromatic nitrogens is 2. The zero-order chi connectivity index (χ0) is 19.9. The van der Waals surface area contributed by atoms with Crippen molar-refractivity contribution < 1.29 is 14.4 Å². The summed E-state index contributed by atoms with van der Waals surface area (Å²) in [5.41, 5.74) is 7.78. The van der Waals surface area contributed by atoms with Crippen LogP contribution in [0.1, 0.15) is 16.1 Å². The highest BCUT2D eigenvalue weighted by Crippen LogP contribution is 2.09. The lowest BCUT2D eigenvalue weighted by Gasteiger charge is -2.15. The van der Waals surface area contributed by atoms with Gasteiger partial charge < -0.3 is 16.4 Å². The number of rotatable bonds is 7. The molecule has 8 nitrogen and oxygen atoms in total. The van der Waals surface area contributed by atoms with Crippen LogP contribution in [-0.4, -0.2) is 40.3 Å². The molecule has 142 valence electrons. The third-order valence-corrected chi connectivity index (χ3v) is 4.04. The van der Waals surface area contributed by atoms with Crippen LogP contribution in [0.15, 0.2) is 60.8 Å². The molecule has 0 unspecified atom stereocenters. The van der Waals surface area contributed by atoms with Gasteiger partial charge in [0.05, 0.1) is 23.3 Å². The highest BCUT2D eigenvalue weighted by atomic mass is 16.2. The van der Waals surface area contributed by atoms with Crippen molar-refractivity contribution in [3.63, 3.8) is 0 Å². The van der Waals surface area contributed by atoms with Gasteiger partial charge in [-0.2, -0.15) is 0 Å². The van der Waals surface area contributed by atoms with E-state index < -0.39 is 17.9 Å². The maximum absolute atomic E-state index is 12.1. The molecule has 1 atom stereocenters. The first-order valence-electron chi connectivity index (χ1n) is 8.65. The minimum absolute atomic E-state index is 0.103. The van der Waals surface area contributed by atoms with Crippen LogP contribution in [0.25, 0.3) is 11.0 Å². The SMILES string of the molecule is NC(=O)[C@H](Cc1cnc2ccccc2n1)NC(=O)CNC(=O)c1ccccc1. The normalized spacial score (nSPS) is 11.6. The maximum Gasteiger partial charge on any atom is 0.251 e. The molecular weight excluding hydrogens is 358 g/mol. The lowest BCUT2D eigenvalue weighted by molar-refractivity contribution is -0.126. The molecule has 2 aromatic carbocycles. The summed E-state index contributed by atoms with van der Waals surface area (Å²) in [5, 5.41) is 5.02. The standard InChI is InChI=1S/C20H19N5O3/c21-19(27)17(10-14-11-22-15-8-4-5-9-16(15)24-14)25-18(26)12-23-20(28)13-6-2-1-3-7-13/h1-9,11,17H,10,12H2,(H2,21,27)(H,23,28)(H,25,26)/t17-/m0/s1. The van der Waals surface area contributed by atoms with Crippen molar-refractivity contribution in [2.24, 2.45) is 5.73 Å². The van der Waals surface area contributed by atoms with Crippen molar-refractivity contribution in [1.29, 1.82) is 0 Å². The van der Waals surface area contributed by atoms with Crippen molar-refractivity contribution in [1.82, 2.24) is 20.6 Å². The highest BCUT2D eigenvalue weighted by Gasteiger charge is 2.20. The Morgan fingerprint density at radius 1 is 0.964 bits per heavy atom. The quantitative estimate of drug-likeness (QED) is 0.555. The van der Waals surface area contributed by atoms with Crippen molar-refractivity contribution in [3.05, 3.63) is 72.1 Å². The summed E-state index contributed by atoms with van der Waals surface area (Å²) in [6.07, 6.45) is 1.65. The summed E-state index contributed by atoms with van der Waals surface area (Å²) in [7, 11) is 0. The fourth-order valence-corrected chi connectivity index (χ4v) is 2.62. The van der Waals surface area contributed by atoms with E-state index in [-0.39, 0.29) is 18.9 Å². The zero-order valence-corrected chi connectivity index (χ0v) is 15.0. The lowest BCUT2D eigenvalue weighted by Crippen LogP contribution is -2.49. The Hall–Kier alpha value is -3.81. The second kappa shape index (κ2) is 8.72. The summed E-state index contributed by atoms with van der Waals surface area (Å²) >= 11 is 0. The fraction of sp³-hybridized carbons (Fsp3) is 0.150. The Kier molecular flexibility index (Phi) is 5.91. The number of fused-ring (bicyclic) bond motifs is 1. The molecule has 0 saturated heterocycles. The second-order valence-corrected chi connectivity index (χ2v) is 6.13. The average Bonchev–Trinajstić information content (AvgIpc) is 2.72. The number of nitrogens with two attached hydrogens (primary N) is 1. The van der Waals surface area contributed by atoms with Crippen LogP contribution in [0.4, 0.5) is 0 Å². The minimum Gasteiger partial charge on any atom is -0.368 e. The first kappa shape index (κ1) is 19.0. The van der Waals surface area contributed by atoms with Crippen LogP contribution < -0.4 is 16.4 Å². The largest absolute Gasteiger partial charge is 0.368 e. The zero-order valence-electron chi connectivity index (χ0n) is 15.0. The predicted octanol–water partition coefficient (Wildman–Crippen LogP) is 0.572. The van der Waals surface area contributed by atoms with E-state index in [0.29, 0.717) is 16.8 Å². The smallest absolute Gasteiger partial charge is 0.251 e. The van der Waals surface area contributed by atoms with Gasteiger partial charge in [0, 0.05) is 18.2 Å². The van der Waals surface area contributed by atoms with Crippen LogP contribution in [0.3, 0.4) is 0 Å². The van der Waals surface area contributed by atoms with Crippen LogP contribution in [0.5, 0.6) is 0 Å². The summed E-state index contributed by atoms with van der Waals surface area (Å²) in [4.78, 5) is 44.6. The molecule has 8 heteroatoms. The third-order valence-electron chi connectivity index (χ3n) is 4.04. The molecule has 0 aliphatic rings. The van der Waals surface area contributed by atoms with Gasteiger partial charge in [0.25, 0.3) is 5.91 Å². The number of nitrogens with one attached hydrogen (secondary N) is 2. The van der Waals surface area contributed by atoms with Crippen molar-refractivity contribution in [2.45, 2.75) is 12.5 Å². The fourth-order valence-electron chi connectivity index (χ4n) is 2.62. The van der Waals surface area contributed by atoms with Crippen molar-refractivity contribution >= 4 is 28.8 Å². The highest BCUT2D eigenvalue weighted by molar-refractivity contribution is 5.97. The number of hydrogen-bond acceptors (Lipinski definition) is 5. The molecule has 0 bridgehead atoms. The first-order chi connectivity index (χ1) is 13.5. The predicted molar refractivity (Wildman–Crippen MR) is 103 cm³/mol. The van der Waals surface area contributed by atoms with Crippen LogP contribution in [-0.2, 0) is 16.0 Å². The maximum atomic E-state index is 12.1. The number of nitrogens with zero attached hydrogens (tertiary/aromatic N) is 2. The van der Waals surface area contributed by atoms with E-state index in [1.165, 1.54) is 0 Å². The summed E-state index contributed by atoms with van der Waals surface area (Å²) in [5.74, 6) is -1.61. The van der Waals surface area contributed by atoms with Crippen LogP contribution in [0.2, 0.25) is 0 Å². The monoisotopic (exact) mass is 377 g/mol. The van der Waals surface area contributed by atoms with E-state index in [2.05, 4.69) is 20.6 Å². The molecule has 3 aromatic rings. The minimum atomic E-state index is -0.961. The van der Waals surface area contributed by atoms with Gasteiger partial charge in [-0.15, -0.1) is 0 Å². The van der Waals surface area contributed by atoms with Crippen LogP contribution >= 0.6 is 0 Å². The number of amides is 3. The number of benzene rings is 2. The van der Waals surface area contributed by atoms with Gasteiger partial charge in [-0.25, -0.2) is 4.98 Å². The van der Waals surface area contributed by atoms with E-state index >= 15 is 0 Å². The Balaban J connectivity index is 1.59. The number of carbonyl (C=O) groups excluding carboxylic acids is 3. The number of carbonyl (C=O) groups is 3. The van der Waals surface area contributed by atoms with Gasteiger partial charge in [-0.05, 0) is 24.3 Å². The Morgan fingerprint density at radius 2 is 1.64 bits per heavy atom. The summed E-state index contributed by atoms with van der Waals surface area (Å²) in [6.45, 7) is -0.277. The molecule has 28 heavy (non-hydrogen) atoms. The van der Waals surface area contributed by atoms with Crippen molar-refractivity contribution in [3.8, 4) is 0 Å². The van der Waals surface area contributed by atoms with E-state index in [0.717, 1.165) is 5.52 Å². The molecule has 0 aliphatic heterocycles. The summed E-state index contributed by atoms with van der Waals surface area (Å²) < 4.78 is 0. The van der Waals surface area contributed by atoms with Crippen LogP contribution in [0, 0.1) is 0 Å². The second-order valence-electron chi connectivity index (χ2n) is 6.13. The number of primary amides is 1. The van der Waals surface area contributed by atoms with Gasteiger partial charge >= 0.3 is 0 Å². The van der Waals surface area contributed by atoms with E-state index in [1.54, 1.807) is 36.5 Å². The molecule has 3 amide bonds. The first-order valence-corrected chi connectivity index (χ1v) is 8.65. The topological polar surface area (TPSA) is 127 Å².